The van der Waals surface area contributed by atoms with Crippen molar-refractivity contribution in [3.63, 3.8) is 0 Å². The van der Waals surface area contributed by atoms with Crippen LogP contribution in [0.15, 0.2) is 6.07 Å². The topological polar surface area (TPSA) is 47.0 Å². The molecule has 0 saturated heterocycles. The van der Waals surface area contributed by atoms with E-state index in [4.69, 9.17) is 0 Å². The van der Waals surface area contributed by atoms with E-state index in [1.807, 2.05) is 27.0 Å². The van der Waals surface area contributed by atoms with Crippen LogP contribution in [0, 0.1) is 13.8 Å². The zero-order chi connectivity index (χ0) is 8.72. The number of nitrogens with zero attached hydrogens (tertiary/aromatic N) is 5. The van der Waals surface area contributed by atoms with E-state index < -0.39 is 0 Å². The fourth-order valence-electron chi connectivity index (χ4n) is 1.22. The molecule has 5 nitrogen and oxygen atoms in total. The van der Waals surface area contributed by atoms with Crippen molar-refractivity contribution in [2.24, 2.45) is 7.05 Å². The van der Waals surface area contributed by atoms with Crippen LogP contribution in [-0.4, -0.2) is 19.9 Å². The summed E-state index contributed by atoms with van der Waals surface area (Å²) in [6.07, 6.45) is 0. The molecule has 0 aromatic carbocycles. The van der Waals surface area contributed by atoms with Gasteiger partial charge in [-0.15, -0.1) is 9.67 Å². The Hall–Kier alpha value is -1.52. The molecule has 0 saturated carbocycles. The number of aromatic nitrogens is 5. The Kier molecular flexibility index (Phi) is 1.33. The minimum atomic E-state index is 0.771. The molecule has 0 bridgehead atoms. The molecule has 5 heteroatoms. The van der Waals surface area contributed by atoms with E-state index in [0.717, 1.165) is 17.2 Å². The van der Waals surface area contributed by atoms with E-state index in [1.165, 1.54) is 0 Å². The van der Waals surface area contributed by atoms with Gasteiger partial charge >= 0.3 is 5.78 Å². The van der Waals surface area contributed by atoms with Crippen molar-refractivity contribution in [2.75, 3.05) is 0 Å². The summed E-state index contributed by atoms with van der Waals surface area (Å²) >= 11 is 0. The maximum absolute atomic E-state index is 4.30. The lowest BCUT2D eigenvalue weighted by atomic mass is 10.4. The first-order chi connectivity index (χ1) is 5.68. The van der Waals surface area contributed by atoms with Gasteiger partial charge in [0.25, 0.3) is 0 Å². The van der Waals surface area contributed by atoms with Gasteiger partial charge in [-0.1, -0.05) is 4.52 Å². The van der Waals surface area contributed by atoms with Gasteiger partial charge in [0.05, 0.1) is 12.3 Å². The molecule has 62 valence electrons. The quantitative estimate of drug-likeness (QED) is 0.496. The van der Waals surface area contributed by atoms with Gasteiger partial charge in [0.1, 0.15) is 16.6 Å². The van der Waals surface area contributed by atoms with E-state index in [9.17, 15) is 0 Å². The van der Waals surface area contributed by atoms with Crippen LogP contribution in [0.5, 0.6) is 0 Å². The minimum absolute atomic E-state index is 0.771. The lowest BCUT2D eigenvalue weighted by molar-refractivity contribution is -0.709. The summed E-state index contributed by atoms with van der Waals surface area (Å²) in [6.45, 7) is 3.94. The van der Waals surface area contributed by atoms with Crippen molar-refractivity contribution < 1.29 is 4.68 Å². The SMILES string of the molecule is Cc1cc(C)n2nn[n+](C)c2n1. The summed E-state index contributed by atoms with van der Waals surface area (Å²) in [5.74, 6) is 0.771. The van der Waals surface area contributed by atoms with Crippen molar-refractivity contribution in [1.82, 2.24) is 19.9 Å². The van der Waals surface area contributed by atoms with Crippen LogP contribution in [0.2, 0.25) is 0 Å². The van der Waals surface area contributed by atoms with Crippen molar-refractivity contribution in [3.8, 4) is 0 Å². The van der Waals surface area contributed by atoms with Crippen LogP contribution in [0.4, 0.5) is 0 Å². The number of aryl methyl sites for hydroxylation is 3. The van der Waals surface area contributed by atoms with Crippen LogP contribution in [0.25, 0.3) is 5.78 Å². The second-order valence-corrected chi connectivity index (χ2v) is 2.85. The highest BCUT2D eigenvalue weighted by Gasteiger charge is 2.13. The Bertz CT molecular complexity index is 431. The van der Waals surface area contributed by atoms with Gasteiger partial charge in [0, 0.05) is 6.07 Å². The molecule has 0 aliphatic carbocycles. The molecule has 0 aliphatic heterocycles. The highest BCUT2D eigenvalue weighted by atomic mass is 15.6. The molecule has 0 aliphatic rings. The van der Waals surface area contributed by atoms with E-state index in [2.05, 4.69) is 15.4 Å². The number of rotatable bonds is 0. The van der Waals surface area contributed by atoms with Crippen LogP contribution in [-0.2, 0) is 7.05 Å². The Balaban J connectivity index is 2.92. The molecule has 0 spiro atoms. The van der Waals surface area contributed by atoms with Crippen LogP contribution in [0.3, 0.4) is 0 Å². The summed E-state index contributed by atoms with van der Waals surface area (Å²) in [5.41, 5.74) is 2.03. The van der Waals surface area contributed by atoms with Gasteiger partial charge < -0.3 is 0 Å². The third-order valence-electron chi connectivity index (χ3n) is 1.77. The molecule has 0 radical (unpaired) electrons. The molecule has 0 N–H and O–H groups in total. The van der Waals surface area contributed by atoms with E-state index in [1.54, 1.807) is 9.20 Å². The second-order valence-electron chi connectivity index (χ2n) is 2.85. The Morgan fingerprint density at radius 3 is 2.92 bits per heavy atom. The molecule has 2 aromatic heterocycles. The van der Waals surface area contributed by atoms with E-state index >= 15 is 0 Å². The van der Waals surface area contributed by atoms with Gasteiger partial charge in [0.15, 0.2) is 0 Å². The molecule has 0 amide bonds. The first-order valence-corrected chi connectivity index (χ1v) is 3.74. The molecule has 2 rings (SSSR count). The molecule has 0 atom stereocenters. The Morgan fingerprint density at radius 2 is 2.17 bits per heavy atom. The predicted molar refractivity (Wildman–Crippen MR) is 41.4 cm³/mol. The first-order valence-electron chi connectivity index (χ1n) is 3.74. The Morgan fingerprint density at radius 1 is 1.42 bits per heavy atom. The lowest BCUT2D eigenvalue weighted by Gasteiger charge is -1.89. The average Bonchev–Trinajstić information content (AvgIpc) is 2.33. The molecular weight excluding hydrogens is 154 g/mol. The maximum atomic E-state index is 4.30. The standard InChI is InChI=1S/C7H10N5/c1-5-4-6(2)12-7(8-5)11(3)9-10-12/h4H,1-3H3/q+1. The van der Waals surface area contributed by atoms with Crippen molar-refractivity contribution in [2.45, 2.75) is 13.8 Å². The van der Waals surface area contributed by atoms with Gasteiger partial charge in [-0.05, 0) is 13.8 Å². The van der Waals surface area contributed by atoms with Crippen molar-refractivity contribution in [1.29, 1.82) is 0 Å². The molecule has 2 heterocycles. The fourth-order valence-corrected chi connectivity index (χ4v) is 1.22. The summed E-state index contributed by atoms with van der Waals surface area (Å²) in [6, 6.07) is 1.97. The maximum Gasteiger partial charge on any atom is 0.407 e. The van der Waals surface area contributed by atoms with Gasteiger partial charge in [-0.2, -0.15) is 0 Å². The third kappa shape index (κ3) is 0.861. The lowest BCUT2D eigenvalue weighted by Crippen LogP contribution is -2.31. The highest BCUT2D eigenvalue weighted by molar-refractivity contribution is 5.23. The summed E-state index contributed by atoms with van der Waals surface area (Å²) in [7, 11) is 1.83. The minimum Gasteiger partial charge on any atom is -0.132 e. The second kappa shape index (κ2) is 2.23. The summed E-state index contributed by atoms with van der Waals surface area (Å²) < 4.78 is 3.37. The van der Waals surface area contributed by atoms with E-state index in [-0.39, 0.29) is 0 Å². The van der Waals surface area contributed by atoms with Gasteiger partial charge in [-0.3, -0.25) is 0 Å². The largest absolute Gasteiger partial charge is 0.407 e. The molecule has 0 unspecified atom stereocenters. The normalized spacial score (nSPS) is 10.9. The zero-order valence-corrected chi connectivity index (χ0v) is 7.31. The Labute approximate surface area is 69.6 Å². The molecule has 0 fully saturated rings. The first kappa shape index (κ1) is 7.15. The number of hydrogen-bond donors (Lipinski definition) is 0. The monoisotopic (exact) mass is 164 g/mol. The molecular formula is C7H10N5+. The van der Waals surface area contributed by atoms with Crippen molar-refractivity contribution in [3.05, 3.63) is 17.5 Å². The summed E-state index contributed by atoms with van der Waals surface area (Å²) in [5, 5.41) is 7.79. The average molecular weight is 164 g/mol. The van der Waals surface area contributed by atoms with Crippen LogP contribution in [0.1, 0.15) is 11.4 Å². The van der Waals surface area contributed by atoms with Gasteiger partial charge in [0.2, 0.25) is 0 Å². The van der Waals surface area contributed by atoms with E-state index in [0.29, 0.717) is 0 Å². The number of tetrazole rings is 1. The number of hydrogen-bond acceptors (Lipinski definition) is 3. The highest BCUT2D eigenvalue weighted by Crippen LogP contribution is 1.99. The van der Waals surface area contributed by atoms with Crippen LogP contribution < -0.4 is 4.68 Å². The zero-order valence-electron chi connectivity index (χ0n) is 7.31. The fraction of sp³-hybridized carbons (Fsp3) is 0.429. The van der Waals surface area contributed by atoms with Gasteiger partial charge in [-0.25, -0.2) is 0 Å². The predicted octanol–water partition coefficient (Wildman–Crippen LogP) is -0.434. The smallest absolute Gasteiger partial charge is 0.132 e. The third-order valence-corrected chi connectivity index (χ3v) is 1.77. The number of fused-ring (bicyclic) bond motifs is 1. The molecule has 12 heavy (non-hydrogen) atoms. The summed E-state index contributed by atoms with van der Waals surface area (Å²) in [4.78, 5) is 4.30. The van der Waals surface area contributed by atoms with Crippen LogP contribution >= 0.6 is 0 Å². The van der Waals surface area contributed by atoms with Crippen molar-refractivity contribution >= 4 is 5.78 Å². The molecule has 2 aromatic rings.